The average Bonchev–Trinajstić information content (AvgIpc) is 2.20. The first-order chi connectivity index (χ1) is 7.06. The second-order valence-electron chi connectivity index (χ2n) is 2.99. The van der Waals surface area contributed by atoms with E-state index in [0.717, 1.165) is 12.1 Å². The smallest absolute Gasteiger partial charge is 0.341 e. The number of nitrogens with two attached hydrogens (primary N) is 1. The van der Waals surface area contributed by atoms with Crippen LogP contribution < -0.4 is 5.73 Å². The van der Waals surface area contributed by atoms with Gasteiger partial charge in [-0.2, -0.15) is 0 Å². The predicted octanol–water partition coefficient (Wildman–Crippen LogP) is 2.11. The number of ether oxygens (including phenoxy) is 1. The fraction of sp³-hybridized carbons (Fsp3) is 0.300. The maximum Gasteiger partial charge on any atom is 0.341 e. The van der Waals surface area contributed by atoms with Gasteiger partial charge in [0.05, 0.1) is 17.9 Å². The van der Waals surface area contributed by atoms with Gasteiger partial charge in [-0.05, 0) is 12.5 Å². The maximum absolute atomic E-state index is 13.2. The minimum absolute atomic E-state index is 0.171. The largest absolute Gasteiger partial charge is 0.462 e. The summed E-state index contributed by atoms with van der Waals surface area (Å²) in [5.74, 6) is -2.59. The Kier molecular flexibility index (Phi) is 3.60. The number of anilines is 1. The molecule has 2 N–H and O–H groups in total. The highest BCUT2D eigenvalue weighted by Crippen LogP contribution is 2.17. The molecule has 0 atom stereocenters. The molecule has 0 unspecified atom stereocenters. The number of nitrogen functional groups attached to an aromatic ring is 1. The Hall–Kier alpha value is -1.65. The number of rotatable bonds is 3. The van der Waals surface area contributed by atoms with Crippen LogP contribution in [-0.4, -0.2) is 12.6 Å². The van der Waals surface area contributed by atoms with Crippen molar-refractivity contribution in [3.63, 3.8) is 0 Å². The van der Waals surface area contributed by atoms with E-state index in [4.69, 9.17) is 5.73 Å². The fourth-order valence-electron chi connectivity index (χ4n) is 0.991. The summed E-state index contributed by atoms with van der Waals surface area (Å²) in [6, 6.07) is 1.50. The van der Waals surface area contributed by atoms with E-state index in [-0.39, 0.29) is 12.3 Å². The lowest BCUT2D eigenvalue weighted by molar-refractivity contribution is 0.0499. The summed E-state index contributed by atoms with van der Waals surface area (Å²) >= 11 is 0. The normalized spacial score (nSPS) is 10.1. The molecule has 0 bridgehead atoms. The van der Waals surface area contributed by atoms with Crippen LogP contribution in [0.1, 0.15) is 23.7 Å². The van der Waals surface area contributed by atoms with Gasteiger partial charge in [0.1, 0.15) is 11.6 Å². The van der Waals surface area contributed by atoms with Crippen LogP contribution in [0.25, 0.3) is 0 Å². The highest BCUT2D eigenvalue weighted by atomic mass is 19.1. The van der Waals surface area contributed by atoms with Crippen molar-refractivity contribution in [2.75, 3.05) is 12.3 Å². The van der Waals surface area contributed by atoms with Crippen LogP contribution in [-0.2, 0) is 4.74 Å². The summed E-state index contributed by atoms with van der Waals surface area (Å²) in [7, 11) is 0. The Balaban J connectivity index is 2.94. The molecule has 1 aromatic rings. The lowest BCUT2D eigenvalue weighted by Crippen LogP contribution is -2.09. The van der Waals surface area contributed by atoms with E-state index >= 15 is 0 Å². The molecule has 0 spiro atoms. The summed E-state index contributed by atoms with van der Waals surface area (Å²) in [6.07, 6.45) is 0.616. The number of carbonyl (C=O) groups is 1. The standard InChI is InChI=1S/C10H11F2NO2/c1-2-3-15-10(14)6-4-8(12)9(13)5-7(6)11/h4-5H,2-3,13H2,1H3. The minimum Gasteiger partial charge on any atom is -0.462 e. The molecule has 0 aliphatic rings. The lowest BCUT2D eigenvalue weighted by atomic mass is 10.2. The van der Waals surface area contributed by atoms with Crippen LogP contribution in [0.4, 0.5) is 14.5 Å². The van der Waals surface area contributed by atoms with Crippen LogP contribution in [0, 0.1) is 11.6 Å². The van der Waals surface area contributed by atoms with Crippen LogP contribution >= 0.6 is 0 Å². The number of benzene rings is 1. The Morgan fingerprint density at radius 3 is 2.67 bits per heavy atom. The Morgan fingerprint density at radius 1 is 1.40 bits per heavy atom. The quantitative estimate of drug-likeness (QED) is 0.620. The van der Waals surface area contributed by atoms with E-state index in [9.17, 15) is 13.6 Å². The van der Waals surface area contributed by atoms with Crippen molar-refractivity contribution in [1.29, 1.82) is 0 Å². The van der Waals surface area contributed by atoms with Gasteiger partial charge >= 0.3 is 5.97 Å². The third kappa shape index (κ3) is 2.65. The first-order valence-electron chi connectivity index (χ1n) is 4.48. The van der Waals surface area contributed by atoms with E-state index in [0.29, 0.717) is 6.42 Å². The molecule has 0 saturated heterocycles. The van der Waals surface area contributed by atoms with Crippen molar-refractivity contribution in [3.05, 3.63) is 29.3 Å². The van der Waals surface area contributed by atoms with Crippen LogP contribution in [0.15, 0.2) is 12.1 Å². The van der Waals surface area contributed by atoms with Gasteiger partial charge in [-0.3, -0.25) is 0 Å². The zero-order chi connectivity index (χ0) is 11.4. The summed E-state index contributed by atoms with van der Waals surface area (Å²) in [4.78, 5) is 11.2. The van der Waals surface area contributed by atoms with Gasteiger partial charge in [-0.15, -0.1) is 0 Å². The first-order valence-corrected chi connectivity index (χ1v) is 4.48. The second kappa shape index (κ2) is 4.72. The SMILES string of the molecule is CCCOC(=O)c1cc(F)c(N)cc1F. The molecule has 1 aromatic carbocycles. The molecule has 0 amide bonds. The summed E-state index contributed by atoms with van der Waals surface area (Å²) in [6.45, 7) is 1.97. The number of halogens is 2. The Bertz CT molecular complexity index is 380. The van der Waals surface area contributed by atoms with E-state index in [2.05, 4.69) is 4.74 Å². The van der Waals surface area contributed by atoms with E-state index < -0.39 is 23.2 Å². The molecule has 15 heavy (non-hydrogen) atoms. The van der Waals surface area contributed by atoms with Crippen molar-refractivity contribution in [2.24, 2.45) is 0 Å². The molecule has 0 aromatic heterocycles. The molecular weight excluding hydrogens is 204 g/mol. The molecule has 0 saturated carbocycles. The van der Waals surface area contributed by atoms with Gasteiger partial charge in [0.15, 0.2) is 0 Å². The number of carbonyl (C=O) groups excluding carboxylic acids is 1. The van der Waals surface area contributed by atoms with Crippen molar-refractivity contribution in [2.45, 2.75) is 13.3 Å². The van der Waals surface area contributed by atoms with Crippen molar-refractivity contribution >= 4 is 11.7 Å². The molecule has 1 rings (SSSR count). The van der Waals surface area contributed by atoms with Gasteiger partial charge < -0.3 is 10.5 Å². The molecule has 5 heteroatoms. The molecule has 0 fully saturated rings. The zero-order valence-corrected chi connectivity index (χ0v) is 8.22. The van der Waals surface area contributed by atoms with Crippen LogP contribution in [0.2, 0.25) is 0 Å². The number of esters is 1. The zero-order valence-electron chi connectivity index (χ0n) is 8.22. The second-order valence-corrected chi connectivity index (χ2v) is 2.99. The molecular formula is C10H11F2NO2. The molecule has 0 radical (unpaired) electrons. The lowest BCUT2D eigenvalue weighted by Gasteiger charge is -2.05. The van der Waals surface area contributed by atoms with Gasteiger partial charge in [0, 0.05) is 6.07 Å². The van der Waals surface area contributed by atoms with Gasteiger partial charge in [-0.1, -0.05) is 6.92 Å². The third-order valence-electron chi connectivity index (χ3n) is 1.74. The Morgan fingerprint density at radius 2 is 2.07 bits per heavy atom. The number of hydrogen-bond acceptors (Lipinski definition) is 3. The van der Waals surface area contributed by atoms with Gasteiger partial charge in [-0.25, -0.2) is 13.6 Å². The first kappa shape index (κ1) is 11.4. The van der Waals surface area contributed by atoms with E-state index in [1.807, 2.05) is 0 Å². The van der Waals surface area contributed by atoms with Crippen LogP contribution in [0.3, 0.4) is 0 Å². The fourth-order valence-corrected chi connectivity index (χ4v) is 0.991. The molecule has 0 heterocycles. The monoisotopic (exact) mass is 215 g/mol. The number of hydrogen-bond donors (Lipinski definition) is 1. The average molecular weight is 215 g/mol. The molecule has 0 aliphatic carbocycles. The van der Waals surface area contributed by atoms with Gasteiger partial charge in [0.2, 0.25) is 0 Å². The van der Waals surface area contributed by atoms with Crippen molar-refractivity contribution in [1.82, 2.24) is 0 Å². The van der Waals surface area contributed by atoms with Crippen molar-refractivity contribution in [3.8, 4) is 0 Å². The summed E-state index contributed by atoms with van der Waals surface area (Å²) in [5.41, 5.74) is 4.35. The molecule has 0 aliphatic heterocycles. The predicted molar refractivity (Wildman–Crippen MR) is 51.3 cm³/mol. The van der Waals surface area contributed by atoms with Crippen LogP contribution in [0.5, 0.6) is 0 Å². The maximum atomic E-state index is 13.2. The topological polar surface area (TPSA) is 52.3 Å². The third-order valence-corrected chi connectivity index (χ3v) is 1.74. The molecule has 82 valence electrons. The van der Waals surface area contributed by atoms with E-state index in [1.54, 1.807) is 6.92 Å². The molecule has 3 nitrogen and oxygen atoms in total. The highest BCUT2D eigenvalue weighted by molar-refractivity contribution is 5.90. The summed E-state index contributed by atoms with van der Waals surface area (Å²) < 4.78 is 30.8. The van der Waals surface area contributed by atoms with E-state index in [1.165, 1.54) is 0 Å². The Labute approximate surface area is 85.8 Å². The highest BCUT2D eigenvalue weighted by Gasteiger charge is 2.15. The minimum atomic E-state index is -0.881. The summed E-state index contributed by atoms with van der Waals surface area (Å²) in [5, 5.41) is 0. The van der Waals surface area contributed by atoms with Gasteiger partial charge in [0.25, 0.3) is 0 Å². The van der Waals surface area contributed by atoms with Crippen molar-refractivity contribution < 1.29 is 18.3 Å².